The van der Waals surface area contributed by atoms with E-state index in [-0.39, 0.29) is 29.4 Å². The number of hydrogen-bond acceptors (Lipinski definition) is 6. The molecule has 0 atom stereocenters. The maximum absolute atomic E-state index is 11.3. The Balaban J connectivity index is 0.000000218. The summed E-state index contributed by atoms with van der Waals surface area (Å²) in [6, 6.07) is 25.6. The lowest BCUT2D eigenvalue weighted by atomic mass is 9.73. The van der Waals surface area contributed by atoms with E-state index in [0.29, 0.717) is 17.5 Å². The molecule has 0 amide bonds. The zero-order valence-corrected chi connectivity index (χ0v) is 21.2. The van der Waals surface area contributed by atoms with Crippen molar-refractivity contribution in [3.05, 3.63) is 119 Å². The fourth-order valence-electron chi connectivity index (χ4n) is 4.28. The number of carbonyl (C=O) groups is 2. The first-order valence-corrected chi connectivity index (χ1v) is 12.1. The fraction of sp³-hybridized carbons (Fsp3) is 0.161. The molecule has 4 aromatic rings. The third-order valence-electron chi connectivity index (χ3n) is 6.55. The number of phenolic OH excluding ortho intramolecular Hbond substituents is 4. The molecule has 0 saturated heterocycles. The average Bonchev–Trinajstić information content (AvgIpc) is 2.90. The Labute approximate surface area is 225 Å². The zero-order chi connectivity index (χ0) is 28.6. The second-order valence-corrected chi connectivity index (χ2v) is 9.27. The lowest BCUT2D eigenvalue weighted by molar-refractivity contribution is -0.138. The van der Waals surface area contributed by atoms with Crippen LogP contribution in [-0.4, -0.2) is 42.6 Å². The van der Waals surface area contributed by atoms with Crippen LogP contribution in [0.5, 0.6) is 23.0 Å². The van der Waals surface area contributed by atoms with Gasteiger partial charge in [-0.3, -0.25) is 9.59 Å². The van der Waals surface area contributed by atoms with Crippen molar-refractivity contribution in [3.63, 3.8) is 0 Å². The van der Waals surface area contributed by atoms with Crippen molar-refractivity contribution in [2.24, 2.45) is 0 Å². The molecular formula is C31H30O8. The highest BCUT2D eigenvalue weighted by Gasteiger charge is 2.29. The quantitative estimate of drug-likeness (QED) is 0.172. The minimum Gasteiger partial charge on any atom is -0.508 e. The van der Waals surface area contributed by atoms with Gasteiger partial charge >= 0.3 is 11.9 Å². The van der Waals surface area contributed by atoms with E-state index >= 15 is 0 Å². The molecule has 0 spiro atoms. The highest BCUT2D eigenvalue weighted by molar-refractivity contribution is 5.80. The molecule has 202 valence electrons. The minimum absolute atomic E-state index is 0.0399. The van der Waals surface area contributed by atoms with Gasteiger partial charge in [0.2, 0.25) is 0 Å². The van der Waals surface area contributed by atoms with Gasteiger partial charge in [0.05, 0.1) is 0 Å². The number of phenols is 4. The highest BCUT2D eigenvalue weighted by Crippen LogP contribution is 2.37. The number of benzene rings is 4. The number of aromatic hydroxyl groups is 4. The molecule has 0 radical (unpaired) electrons. The molecule has 8 heteroatoms. The molecule has 4 rings (SSSR count). The number of rotatable bonds is 8. The second kappa shape index (κ2) is 12.5. The first kappa shape index (κ1) is 28.6. The van der Waals surface area contributed by atoms with E-state index in [1.807, 2.05) is 6.92 Å². The topological polar surface area (TPSA) is 156 Å². The van der Waals surface area contributed by atoms with Gasteiger partial charge in [-0.05, 0) is 77.2 Å². The largest absolute Gasteiger partial charge is 0.508 e. The SMILES string of the molecule is CC(CCC(=O)O)(c1ccc(O)cc1)c1ccc(O)cc1.O=C(O)C(c1ccc(O)cc1)c1ccc(O)cc1. The average molecular weight is 531 g/mol. The summed E-state index contributed by atoms with van der Waals surface area (Å²) < 4.78 is 0. The predicted molar refractivity (Wildman–Crippen MR) is 145 cm³/mol. The molecule has 0 aromatic heterocycles. The zero-order valence-electron chi connectivity index (χ0n) is 21.2. The lowest BCUT2D eigenvalue weighted by Gasteiger charge is -2.30. The number of carboxylic acids is 2. The smallest absolute Gasteiger partial charge is 0.315 e. The molecule has 0 bridgehead atoms. The van der Waals surface area contributed by atoms with Crippen molar-refractivity contribution in [1.82, 2.24) is 0 Å². The van der Waals surface area contributed by atoms with Crippen LogP contribution in [0.2, 0.25) is 0 Å². The molecular weight excluding hydrogens is 500 g/mol. The normalized spacial score (nSPS) is 10.9. The van der Waals surface area contributed by atoms with Crippen LogP contribution in [0.4, 0.5) is 0 Å². The summed E-state index contributed by atoms with van der Waals surface area (Å²) in [7, 11) is 0. The summed E-state index contributed by atoms with van der Waals surface area (Å²) in [6.45, 7) is 1.97. The maximum Gasteiger partial charge on any atom is 0.315 e. The molecule has 8 nitrogen and oxygen atoms in total. The van der Waals surface area contributed by atoms with Crippen LogP contribution in [0, 0.1) is 0 Å². The van der Waals surface area contributed by atoms with E-state index in [0.717, 1.165) is 11.1 Å². The van der Waals surface area contributed by atoms with Crippen molar-refractivity contribution < 1.29 is 40.2 Å². The summed E-state index contributed by atoms with van der Waals surface area (Å²) in [5, 5.41) is 55.5. The van der Waals surface area contributed by atoms with Crippen molar-refractivity contribution in [2.75, 3.05) is 0 Å². The van der Waals surface area contributed by atoms with Crippen LogP contribution >= 0.6 is 0 Å². The molecule has 0 heterocycles. The van der Waals surface area contributed by atoms with Crippen molar-refractivity contribution in [2.45, 2.75) is 31.1 Å². The van der Waals surface area contributed by atoms with Gasteiger partial charge in [-0.15, -0.1) is 0 Å². The summed E-state index contributed by atoms with van der Waals surface area (Å²) in [5.74, 6) is -2.12. The highest BCUT2D eigenvalue weighted by atomic mass is 16.4. The van der Waals surface area contributed by atoms with E-state index in [4.69, 9.17) is 5.11 Å². The number of carboxylic acid groups (broad SMARTS) is 2. The Bertz CT molecular complexity index is 1290. The standard InChI is InChI=1S/C17H18O4.C14H12O4/c1-17(11-10-16(20)21,12-2-6-14(18)7-3-12)13-4-8-15(19)9-5-13;15-11-5-1-9(2-6-11)13(14(17)18)10-3-7-12(16)8-4-10/h2-9,18-19H,10-11H2,1H3,(H,20,21);1-8,13,15-16H,(H,17,18). The Morgan fingerprint density at radius 1 is 0.590 bits per heavy atom. The molecule has 6 N–H and O–H groups in total. The third-order valence-corrected chi connectivity index (χ3v) is 6.55. The fourth-order valence-corrected chi connectivity index (χ4v) is 4.28. The van der Waals surface area contributed by atoms with Crippen LogP contribution in [0.1, 0.15) is 47.9 Å². The van der Waals surface area contributed by atoms with Gasteiger partial charge in [0.1, 0.15) is 28.9 Å². The van der Waals surface area contributed by atoms with Crippen molar-refractivity contribution in [1.29, 1.82) is 0 Å². The van der Waals surface area contributed by atoms with E-state index in [9.17, 15) is 35.1 Å². The molecule has 0 aliphatic heterocycles. The second-order valence-electron chi connectivity index (χ2n) is 9.27. The van der Waals surface area contributed by atoms with Gasteiger partial charge in [-0.25, -0.2) is 0 Å². The Hall–Kier alpha value is -4.98. The Kier molecular flexibility index (Phi) is 9.17. The monoisotopic (exact) mass is 530 g/mol. The van der Waals surface area contributed by atoms with Gasteiger partial charge < -0.3 is 30.6 Å². The van der Waals surface area contributed by atoms with Crippen LogP contribution < -0.4 is 0 Å². The van der Waals surface area contributed by atoms with Gasteiger partial charge in [-0.1, -0.05) is 55.5 Å². The van der Waals surface area contributed by atoms with Crippen LogP contribution in [0.25, 0.3) is 0 Å². The third kappa shape index (κ3) is 7.52. The molecule has 0 fully saturated rings. The summed E-state index contributed by atoms with van der Waals surface area (Å²) in [4.78, 5) is 22.3. The first-order chi connectivity index (χ1) is 18.5. The Morgan fingerprint density at radius 2 is 0.897 bits per heavy atom. The summed E-state index contributed by atoms with van der Waals surface area (Å²) >= 11 is 0. The lowest BCUT2D eigenvalue weighted by Crippen LogP contribution is -2.24. The Morgan fingerprint density at radius 3 is 1.18 bits per heavy atom. The summed E-state index contributed by atoms with van der Waals surface area (Å²) in [5.41, 5.74) is 2.50. The van der Waals surface area contributed by atoms with E-state index in [1.54, 1.807) is 72.8 Å². The van der Waals surface area contributed by atoms with E-state index in [2.05, 4.69) is 0 Å². The van der Waals surface area contributed by atoms with Crippen LogP contribution in [0.3, 0.4) is 0 Å². The van der Waals surface area contributed by atoms with Crippen LogP contribution in [-0.2, 0) is 15.0 Å². The molecule has 4 aromatic carbocycles. The van der Waals surface area contributed by atoms with E-state index in [1.165, 1.54) is 24.3 Å². The van der Waals surface area contributed by atoms with E-state index < -0.39 is 23.3 Å². The molecule has 0 aliphatic carbocycles. The molecule has 0 saturated carbocycles. The van der Waals surface area contributed by atoms with Gasteiger partial charge in [0.25, 0.3) is 0 Å². The van der Waals surface area contributed by atoms with Crippen LogP contribution in [0.15, 0.2) is 97.1 Å². The van der Waals surface area contributed by atoms with Crippen molar-refractivity contribution >= 4 is 11.9 Å². The minimum atomic E-state index is -0.980. The van der Waals surface area contributed by atoms with Gasteiger partial charge in [0.15, 0.2) is 0 Å². The number of hydrogen-bond donors (Lipinski definition) is 6. The van der Waals surface area contributed by atoms with Gasteiger partial charge in [0, 0.05) is 11.8 Å². The predicted octanol–water partition coefficient (Wildman–Crippen LogP) is 5.58. The number of aliphatic carboxylic acids is 2. The maximum atomic E-state index is 11.3. The molecule has 39 heavy (non-hydrogen) atoms. The molecule has 0 aliphatic rings. The molecule has 0 unspecified atom stereocenters. The summed E-state index contributed by atoms with van der Waals surface area (Å²) in [6.07, 6.45) is 0.468. The first-order valence-electron chi connectivity index (χ1n) is 12.1. The van der Waals surface area contributed by atoms with Gasteiger partial charge in [-0.2, -0.15) is 0 Å². The van der Waals surface area contributed by atoms with Crippen molar-refractivity contribution in [3.8, 4) is 23.0 Å².